The maximum atomic E-state index is 11.3. The summed E-state index contributed by atoms with van der Waals surface area (Å²) in [6.07, 6.45) is 1.23. The third-order valence-corrected chi connectivity index (χ3v) is 6.77. The number of azo groups is 1. The lowest BCUT2D eigenvalue weighted by Gasteiger charge is -2.24. The highest BCUT2D eigenvalue weighted by Crippen LogP contribution is 2.26. The number of nitrogens with zero attached hydrogens (tertiary/aromatic N) is 4. The first-order valence-electron chi connectivity index (χ1n) is 11.0. The van der Waals surface area contributed by atoms with Crippen molar-refractivity contribution in [1.82, 2.24) is 16.0 Å². The Hall–Kier alpha value is -2.04. The molecule has 0 saturated heterocycles. The fourth-order valence-electron chi connectivity index (χ4n) is 2.99. The van der Waals surface area contributed by atoms with E-state index < -0.39 is 21.4 Å². The minimum absolute atomic E-state index is 0.375. The Kier molecular flexibility index (Phi) is 9.80. The van der Waals surface area contributed by atoms with Crippen molar-refractivity contribution in [3.8, 4) is 0 Å². The van der Waals surface area contributed by atoms with E-state index in [1.54, 1.807) is 0 Å². The number of primary amides is 1. The summed E-state index contributed by atoms with van der Waals surface area (Å²) in [5.41, 5.74) is 3.96. The monoisotopic (exact) mass is 514 g/mol. The van der Waals surface area contributed by atoms with Gasteiger partial charge in [0.2, 0.25) is 5.91 Å². The van der Waals surface area contributed by atoms with E-state index in [0.29, 0.717) is 24.9 Å². The number of halogens is 1. The van der Waals surface area contributed by atoms with Crippen LogP contribution in [0.25, 0.3) is 0 Å². The minimum Gasteiger partial charge on any atom is -0.367 e. The number of imide groups is 1. The van der Waals surface area contributed by atoms with Gasteiger partial charge in [0.15, 0.2) is 0 Å². The van der Waals surface area contributed by atoms with Gasteiger partial charge in [0.1, 0.15) is 27.1 Å². The van der Waals surface area contributed by atoms with E-state index in [2.05, 4.69) is 60.6 Å². The number of carbonyl (C=O) groups excluding carboxylic acids is 2. The molecule has 0 aromatic rings. The summed E-state index contributed by atoms with van der Waals surface area (Å²) in [7, 11) is 0. The second-order valence-electron chi connectivity index (χ2n) is 9.28. The summed E-state index contributed by atoms with van der Waals surface area (Å²) < 4.78 is -0.665. The summed E-state index contributed by atoms with van der Waals surface area (Å²) in [4.78, 5) is 30.6. The zero-order chi connectivity index (χ0) is 24.7. The van der Waals surface area contributed by atoms with Crippen molar-refractivity contribution >= 4 is 39.5 Å². The standard InChI is InChI=1S/C14H26N6.C7H13BrN2O2/c1-9-7-15-11(17-9)13(3,4)19-20-14(5,6)12-16-8-10(2)18-12;1-3-7(8,4-2)5(11)10-6(9)12/h9-10H,7-8H2,1-6H3,(H,15,17)(H,16,18);3-4H2,1-2H3,(H3,9,10,11,12)/b20-19+;. The van der Waals surface area contributed by atoms with E-state index in [0.717, 1.165) is 24.8 Å². The molecule has 3 amide bonds. The maximum Gasteiger partial charge on any atom is 0.318 e. The van der Waals surface area contributed by atoms with Gasteiger partial charge in [0.05, 0.1) is 13.1 Å². The van der Waals surface area contributed by atoms with Crippen LogP contribution in [0.2, 0.25) is 0 Å². The van der Waals surface area contributed by atoms with E-state index in [1.165, 1.54) is 0 Å². The zero-order valence-electron chi connectivity index (χ0n) is 20.5. The smallest absolute Gasteiger partial charge is 0.318 e. The van der Waals surface area contributed by atoms with E-state index in [9.17, 15) is 9.59 Å². The summed E-state index contributed by atoms with van der Waals surface area (Å²) in [6, 6.07) is -0.0471. The number of amidine groups is 2. The molecule has 0 radical (unpaired) electrons. The number of alkyl halides is 1. The number of nitrogens with two attached hydrogens (primary N) is 1. The van der Waals surface area contributed by atoms with Gasteiger partial charge >= 0.3 is 6.03 Å². The van der Waals surface area contributed by atoms with E-state index in [1.807, 2.05) is 46.9 Å². The summed E-state index contributed by atoms with van der Waals surface area (Å²) in [5, 5.41) is 17.8. The topological polar surface area (TPSA) is 146 Å². The van der Waals surface area contributed by atoms with Crippen LogP contribution >= 0.6 is 15.9 Å². The normalized spacial score (nSPS) is 21.2. The molecule has 2 unspecified atom stereocenters. The van der Waals surface area contributed by atoms with Gasteiger partial charge in [0.25, 0.3) is 0 Å². The van der Waals surface area contributed by atoms with Crippen LogP contribution in [0.4, 0.5) is 4.79 Å². The maximum absolute atomic E-state index is 11.3. The molecule has 2 atom stereocenters. The Morgan fingerprint density at radius 2 is 1.38 bits per heavy atom. The molecule has 0 bridgehead atoms. The van der Waals surface area contributed by atoms with Crippen LogP contribution in [0.1, 0.15) is 68.2 Å². The summed E-state index contributed by atoms with van der Waals surface area (Å²) in [6.45, 7) is 17.7. The number of amides is 3. The van der Waals surface area contributed by atoms with Crippen molar-refractivity contribution in [3.05, 3.63) is 0 Å². The molecule has 11 heteroatoms. The third-order valence-electron chi connectivity index (χ3n) is 5.29. The van der Waals surface area contributed by atoms with Crippen LogP contribution in [-0.4, -0.2) is 64.2 Å². The van der Waals surface area contributed by atoms with E-state index in [-0.39, 0.29) is 5.91 Å². The minimum atomic E-state index is -0.814. The quantitative estimate of drug-likeness (QED) is 0.305. The zero-order valence-corrected chi connectivity index (χ0v) is 22.1. The Morgan fingerprint density at radius 1 is 1.00 bits per heavy atom. The van der Waals surface area contributed by atoms with Crippen molar-refractivity contribution in [2.45, 2.75) is 95.7 Å². The Labute approximate surface area is 199 Å². The van der Waals surface area contributed by atoms with Gasteiger partial charge in [-0.15, -0.1) is 0 Å². The molecule has 0 aromatic carbocycles. The molecule has 2 aliphatic rings. The molecular weight excluding hydrogens is 476 g/mol. The van der Waals surface area contributed by atoms with Crippen molar-refractivity contribution in [3.63, 3.8) is 0 Å². The first kappa shape index (κ1) is 28.0. The van der Waals surface area contributed by atoms with Gasteiger partial charge < -0.3 is 16.4 Å². The fraction of sp³-hybridized carbons (Fsp3) is 0.810. The molecule has 2 rings (SSSR count). The highest BCUT2D eigenvalue weighted by molar-refractivity contribution is 9.10. The molecule has 0 spiro atoms. The van der Waals surface area contributed by atoms with Crippen molar-refractivity contribution < 1.29 is 9.59 Å². The molecule has 10 nitrogen and oxygen atoms in total. The summed E-state index contributed by atoms with van der Waals surface area (Å²) >= 11 is 3.26. The summed E-state index contributed by atoms with van der Waals surface area (Å²) in [5.74, 6) is 1.46. The first-order chi connectivity index (χ1) is 14.7. The molecule has 0 aromatic heterocycles. The lowest BCUT2D eigenvalue weighted by Crippen LogP contribution is -2.46. The molecule has 0 saturated carbocycles. The van der Waals surface area contributed by atoms with Crippen molar-refractivity contribution in [1.29, 1.82) is 0 Å². The second-order valence-corrected chi connectivity index (χ2v) is 10.8. The Bertz CT molecular complexity index is 730. The predicted molar refractivity (Wildman–Crippen MR) is 133 cm³/mol. The first-order valence-corrected chi connectivity index (χ1v) is 11.8. The van der Waals surface area contributed by atoms with Gasteiger partial charge in [-0.1, -0.05) is 29.8 Å². The van der Waals surface area contributed by atoms with Crippen LogP contribution in [0.3, 0.4) is 0 Å². The molecule has 2 heterocycles. The molecule has 0 fully saturated rings. The average molecular weight is 516 g/mol. The van der Waals surface area contributed by atoms with Gasteiger partial charge in [0, 0.05) is 12.1 Å². The highest BCUT2D eigenvalue weighted by atomic mass is 79.9. The lowest BCUT2D eigenvalue weighted by atomic mass is 10.0. The SMILES string of the molecule is CC1CN=C(C(C)(C)/N=N/C(C)(C)C2=NCC(C)N2)N1.CCC(Br)(CC)C(=O)NC(N)=O. The van der Waals surface area contributed by atoms with Gasteiger partial charge in [-0.3, -0.25) is 20.1 Å². The van der Waals surface area contributed by atoms with Crippen LogP contribution in [0.15, 0.2) is 20.2 Å². The lowest BCUT2D eigenvalue weighted by molar-refractivity contribution is -0.122. The van der Waals surface area contributed by atoms with Crippen LogP contribution < -0.4 is 21.7 Å². The van der Waals surface area contributed by atoms with E-state index >= 15 is 0 Å². The number of hydrogen-bond acceptors (Lipinski definition) is 8. The van der Waals surface area contributed by atoms with Gasteiger partial charge in [-0.2, -0.15) is 10.2 Å². The number of rotatable bonds is 7. The molecule has 32 heavy (non-hydrogen) atoms. The van der Waals surface area contributed by atoms with E-state index in [4.69, 9.17) is 5.73 Å². The fourth-order valence-corrected chi connectivity index (χ4v) is 3.08. The molecule has 2 aliphatic heterocycles. The number of aliphatic imine (C=N–C) groups is 2. The van der Waals surface area contributed by atoms with Gasteiger partial charge in [-0.25, -0.2) is 4.79 Å². The number of hydrogen-bond donors (Lipinski definition) is 4. The van der Waals surface area contributed by atoms with Crippen LogP contribution in [-0.2, 0) is 4.79 Å². The number of carbonyl (C=O) groups is 2. The number of nitrogens with one attached hydrogen (secondary N) is 3. The highest BCUT2D eigenvalue weighted by Gasteiger charge is 2.34. The Morgan fingerprint density at radius 3 is 1.62 bits per heavy atom. The number of urea groups is 1. The molecule has 182 valence electrons. The van der Waals surface area contributed by atoms with Crippen molar-refractivity contribution in [2.24, 2.45) is 25.9 Å². The predicted octanol–water partition coefficient (Wildman–Crippen LogP) is 2.91. The second kappa shape index (κ2) is 11.2. The molecule has 5 N–H and O–H groups in total. The molecular formula is C21H39BrN8O2. The Balaban J connectivity index is 0.000000368. The van der Waals surface area contributed by atoms with Crippen LogP contribution in [0, 0.1) is 0 Å². The van der Waals surface area contributed by atoms with Crippen LogP contribution in [0.5, 0.6) is 0 Å². The van der Waals surface area contributed by atoms with Gasteiger partial charge in [-0.05, 0) is 54.4 Å². The largest absolute Gasteiger partial charge is 0.367 e. The molecule has 0 aliphatic carbocycles. The third kappa shape index (κ3) is 7.83. The average Bonchev–Trinajstić information content (AvgIpc) is 3.35. The van der Waals surface area contributed by atoms with Crippen molar-refractivity contribution in [2.75, 3.05) is 13.1 Å².